The molecule has 0 saturated heterocycles. The summed E-state index contributed by atoms with van der Waals surface area (Å²) < 4.78 is 0. The summed E-state index contributed by atoms with van der Waals surface area (Å²) in [5.74, 6) is 0.507. The fraction of sp³-hybridized carbons (Fsp3) is 0.467. The topological polar surface area (TPSA) is 73.8 Å². The second-order valence-electron chi connectivity index (χ2n) is 4.90. The summed E-state index contributed by atoms with van der Waals surface area (Å²) >= 11 is 0. The summed E-state index contributed by atoms with van der Waals surface area (Å²) in [6.45, 7) is 3.97. The first-order valence-corrected chi connectivity index (χ1v) is 7.11. The zero-order valence-corrected chi connectivity index (χ0v) is 11.8. The second-order valence-corrected chi connectivity index (χ2v) is 4.90. The Morgan fingerprint density at radius 1 is 1.25 bits per heavy atom. The molecule has 3 N–H and O–H groups in total. The molecule has 0 aliphatic carbocycles. The summed E-state index contributed by atoms with van der Waals surface area (Å²) in [5.41, 5.74) is 2.89. The van der Waals surface area contributed by atoms with E-state index in [0.29, 0.717) is 12.5 Å². The van der Waals surface area contributed by atoms with Crippen molar-refractivity contribution in [3.63, 3.8) is 0 Å². The lowest BCUT2D eigenvalue weighted by Crippen LogP contribution is -2.23. The minimum absolute atomic E-state index is 0.249. The molecular formula is C15H22N4O. The standard InChI is InChI=1S/C15H22N4O/c1-2-12(8-9-20)10-16-11-14-15(18-19-17-14)13-6-4-3-5-7-13/h3-7,12,16,20H,2,8-11H2,1H3,(H,17,18,19). The Kier molecular flexibility index (Phi) is 5.70. The zero-order chi connectivity index (χ0) is 14.2. The summed E-state index contributed by atoms with van der Waals surface area (Å²) in [6.07, 6.45) is 1.91. The van der Waals surface area contributed by atoms with E-state index in [1.165, 1.54) is 0 Å². The van der Waals surface area contributed by atoms with Gasteiger partial charge in [-0.2, -0.15) is 15.4 Å². The SMILES string of the molecule is CCC(CCO)CNCc1n[nH]nc1-c1ccccc1. The van der Waals surface area contributed by atoms with Gasteiger partial charge in [0.15, 0.2) is 0 Å². The number of benzene rings is 1. The van der Waals surface area contributed by atoms with Crippen molar-refractivity contribution in [2.75, 3.05) is 13.2 Å². The molecule has 0 aliphatic rings. The van der Waals surface area contributed by atoms with E-state index in [0.717, 1.165) is 36.3 Å². The predicted molar refractivity (Wildman–Crippen MR) is 79.0 cm³/mol. The molecule has 0 fully saturated rings. The number of hydrogen-bond acceptors (Lipinski definition) is 4. The first kappa shape index (κ1) is 14.7. The van der Waals surface area contributed by atoms with Gasteiger partial charge in [0.2, 0.25) is 0 Å². The number of H-pyrrole nitrogens is 1. The van der Waals surface area contributed by atoms with Crippen molar-refractivity contribution >= 4 is 0 Å². The van der Waals surface area contributed by atoms with E-state index in [-0.39, 0.29) is 6.61 Å². The molecule has 1 aromatic carbocycles. The Balaban J connectivity index is 1.93. The average Bonchev–Trinajstić information content (AvgIpc) is 2.95. The highest BCUT2D eigenvalue weighted by atomic mass is 16.3. The van der Waals surface area contributed by atoms with Gasteiger partial charge in [-0.05, 0) is 18.9 Å². The molecule has 1 aromatic heterocycles. The Morgan fingerprint density at radius 2 is 2.05 bits per heavy atom. The molecule has 0 radical (unpaired) electrons. The molecule has 0 bridgehead atoms. The van der Waals surface area contributed by atoms with Gasteiger partial charge < -0.3 is 10.4 Å². The molecule has 0 amide bonds. The van der Waals surface area contributed by atoms with Crippen LogP contribution >= 0.6 is 0 Å². The van der Waals surface area contributed by atoms with Gasteiger partial charge in [0.05, 0.1) is 0 Å². The van der Waals surface area contributed by atoms with Crippen LogP contribution in [0.3, 0.4) is 0 Å². The second kappa shape index (κ2) is 7.77. The minimum Gasteiger partial charge on any atom is -0.396 e. The number of nitrogens with one attached hydrogen (secondary N) is 2. The molecule has 2 rings (SSSR count). The highest BCUT2D eigenvalue weighted by Crippen LogP contribution is 2.18. The van der Waals surface area contributed by atoms with E-state index in [1.807, 2.05) is 30.3 Å². The molecule has 5 heteroatoms. The third-order valence-corrected chi connectivity index (χ3v) is 3.51. The summed E-state index contributed by atoms with van der Waals surface area (Å²) in [7, 11) is 0. The van der Waals surface area contributed by atoms with Crippen LogP contribution in [-0.4, -0.2) is 33.7 Å². The fourth-order valence-corrected chi connectivity index (χ4v) is 2.23. The van der Waals surface area contributed by atoms with Crippen LogP contribution < -0.4 is 5.32 Å². The first-order chi connectivity index (χ1) is 9.85. The van der Waals surface area contributed by atoms with Gasteiger partial charge in [-0.1, -0.05) is 43.7 Å². The highest BCUT2D eigenvalue weighted by molar-refractivity contribution is 5.60. The normalized spacial score (nSPS) is 12.5. The van der Waals surface area contributed by atoms with Crippen LogP contribution in [0.2, 0.25) is 0 Å². The predicted octanol–water partition coefficient (Wildman–Crippen LogP) is 1.97. The number of aliphatic hydroxyl groups is 1. The van der Waals surface area contributed by atoms with Crippen LogP contribution in [0.1, 0.15) is 25.5 Å². The Labute approximate surface area is 119 Å². The summed E-state index contributed by atoms with van der Waals surface area (Å²) in [6, 6.07) is 10.0. The third kappa shape index (κ3) is 3.88. The van der Waals surface area contributed by atoms with Crippen LogP contribution in [0.25, 0.3) is 11.3 Å². The lowest BCUT2D eigenvalue weighted by molar-refractivity contribution is 0.251. The van der Waals surface area contributed by atoms with E-state index < -0.39 is 0 Å². The molecule has 20 heavy (non-hydrogen) atoms. The summed E-state index contributed by atoms with van der Waals surface area (Å²) in [5, 5.41) is 23.5. The highest BCUT2D eigenvalue weighted by Gasteiger charge is 2.10. The van der Waals surface area contributed by atoms with Crippen LogP contribution in [-0.2, 0) is 6.54 Å². The van der Waals surface area contributed by atoms with E-state index in [9.17, 15) is 0 Å². The summed E-state index contributed by atoms with van der Waals surface area (Å²) in [4.78, 5) is 0. The first-order valence-electron chi connectivity index (χ1n) is 7.11. The van der Waals surface area contributed by atoms with Crippen LogP contribution in [0.15, 0.2) is 30.3 Å². The number of rotatable bonds is 8. The van der Waals surface area contributed by atoms with E-state index in [4.69, 9.17) is 5.11 Å². The van der Waals surface area contributed by atoms with Crippen molar-refractivity contribution < 1.29 is 5.11 Å². The smallest absolute Gasteiger partial charge is 0.117 e. The molecule has 5 nitrogen and oxygen atoms in total. The maximum atomic E-state index is 8.99. The van der Waals surface area contributed by atoms with Crippen molar-refractivity contribution in [3.8, 4) is 11.3 Å². The molecule has 108 valence electrons. The van der Waals surface area contributed by atoms with Gasteiger partial charge in [-0.15, -0.1) is 0 Å². The maximum Gasteiger partial charge on any atom is 0.117 e. The van der Waals surface area contributed by atoms with E-state index in [2.05, 4.69) is 27.7 Å². The van der Waals surface area contributed by atoms with Gasteiger partial charge >= 0.3 is 0 Å². The van der Waals surface area contributed by atoms with Crippen LogP contribution in [0.4, 0.5) is 0 Å². The molecule has 2 aromatic rings. The van der Waals surface area contributed by atoms with Crippen molar-refractivity contribution in [2.45, 2.75) is 26.3 Å². The quantitative estimate of drug-likeness (QED) is 0.688. The Morgan fingerprint density at radius 3 is 2.75 bits per heavy atom. The van der Waals surface area contributed by atoms with E-state index >= 15 is 0 Å². The van der Waals surface area contributed by atoms with Gasteiger partial charge in [0.1, 0.15) is 11.4 Å². The molecule has 1 unspecified atom stereocenters. The maximum absolute atomic E-state index is 8.99. The number of hydrogen-bond donors (Lipinski definition) is 3. The number of aliphatic hydroxyl groups excluding tert-OH is 1. The van der Waals surface area contributed by atoms with Crippen molar-refractivity contribution in [1.82, 2.24) is 20.7 Å². The van der Waals surface area contributed by atoms with Gasteiger partial charge in [-0.25, -0.2) is 0 Å². The number of aromatic nitrogens is 3. The lowest BCUT2D eigenvalue weighted by atomic mass is 10.0. The minimum atomic E-state index is 0.249. The van der Waals surface area contributed by atoms with Crippen LogP contribution in [0, 0.1) is 5.92 Å². The monoisotopic (exact) mass is 274 g/mol. The molecule has 1 atom stereocenters. The largest absolute Gasteiger partial charge is 0.396 e. The molecule has 0 spiro atoms. The van der Waals surface area contributed by atoms with Crippen molar-refractivity contribution in [3.05, 3.63) is 36.0 Å². The number of nitrogens with zero attached hydrogens (tertiary/aromatic N) is 2. The molecule has 0 aliphatic heterocycles. The van der Waals surface area contributed by atoms with Crippen molar-refractivity contribution in [2.24, 2.45) is 5.92 Å². The van der Waals surface area contributed by atoms with Gasteiger partial charge in [-0.3, -0.25) is 0 Å². The molecule has 0 saturated carbocycles. The fourth-order valence-electron chi connectivity index (χ4n) is 2.23. The van der Waals surface area contributed by atoms with Crippen LogP contribution in [0.5, 0.6) is 0 Å². The van der Waals surface area contributed by atoms with E-state index in [1.54, 1.807) is 0 Å². The van der Waals surface area contributed by atoms with Crippen molar-refractivity contribution in [1.29, 1.82) is 0 Å². The Bertz CT molecular complexity index is 498. The average molecular weight is 274 g/mol. The molecular weight excluding hydrogens is 252 g/mol. The molecule has 1 heterocycles. The van der Waals surface area contributed by atoms with Gasteiger partial charge in [0.25, 0.3) is 0 Å². The zero-order valence-electron chi connectivity index (χ0n) is 11.8. The van der Waals surface area contributed by atoms with Gasteiger partial charge in [0, 0.05) is 18.7 Å². The number of aromatic amines is 1. The third-order valence-electron chi connectivity index (χ3n) is 3.51. The Hall–Kier alpha value is -1.72. The lowest BCUT2D eigenvalue weighted by Gasteiger charge is -2.13.